The highest BCUT2D eigenvalue weighted by Crippen LogP contribution is 2.21. The van der Waals surface area contributed by atoms with Crippen LogP contribution in [0.3, 0.4) is 0 Å². The first-order valence-electron chi connectivity index (χ1n) is 4.89. The molecule has 0 aromatic heterocycles. The lowest BCUT2D eigenvalue weighted by molar-refractivity contribution is 0.505. The molecule has 11 heavy (non-hydrogen) atoms. The second-order valence-corrected chi connectivity index (χ2v) is 3.10. The Bertz CT molecular complexity index is 53.9. The molecule has 0 aromatic carbocycles. The lowest BCUT2D eigenvalue weighted by atomic mass is 10.0. The average molecular weight is 153 g/mol. The molecular formula is C10H22B. The maximum Gasteiger partial charge on any atom is 0 e. The van der Waals surface area contributed by atoms with Gasteiger partial charge in [0.15, 0.2) is 0 Å². The predicted molar refractivity (Wildman–Crippen MR) is 54.0 cm³/mol. The Labute approximate surface area is 74.3 Å². The quantitative estimate of drug-likeness (QED) is 0.368. The van der Waals surface area contributed by atoms with E-state index in [9.17, 15) is 0 Å². The molecular weight excluding hydrogens is 131 g/mol. The van der Waals surface area contributed by atoms with E-state index in [1.807, 2.05) is 13.8 Å². The van der Waals surface area contributed by atoms with E-state index >= 15 is 0 Å². The van der Waals surface area contributed by atoms with E-state index in [2.05, 4.69) is 6.92 Å². The van der Waals surface area contributed by atoms with Crippen molar-refractivity contribution < 1.29 is 0 Å². The van der Waals surface area contributed by atoms with Crippen LogP contribution in [0.5, 0.6) is 0 Å². The Kier molecular flexibility index (Phi) is 12.5. The Morgan fingerprint density at radius 3 is 1.55 bits per heavy atom. The minimum Gasteiger partial charge on any atom is -0.0683 e. The molecule has 0 saturated heterocycles. The number of hydrogen-bond donors (Lipinski definition) is 0. The van der Waals surface area contributed by atoms with E-state index in [0.717, 1.165) is 5.92 Å². The molecule has 0 heterocycles. The van der Waals surface area contributed by atoms with Gasteiger partial charge in [0, 0.05) is 8.41 Å². The standard InChI is InChI=1S/C8H16.C2H6.B/c1-8-6-4-2-3-5-7-8;1-2;/h8H,2-7H2,1H3;1-2H3;. The first-order valence-corrected chi connectivity index (χ1v) is 4.89. The van der Waals surface area contributed by atoms with Gasteiger partial charge in [-0.05, 0) is 5.92 Å². The molecule has 0 amide bonds. The molecule has 1 aliphatic rings. The third-order valence-corrected chi connectivity index (χ3v) is 2.14. The van der Waals surface area contributed by atoms with Crippen molar-refractivity contribution in [2.45, 2.75) is 59.3 Å². The summed E-state index contributed by atoms with van der Waals surface area (Å²) in [6.07, 6.45) is 8.93. The summed E-state index contributed by atoms with van der Waals surface area (Å²) >= 11 is 0. The minimum absolute atomic E-state index is 0. The molecule has 0 spiro atoms. The van der Waals surface area contributed by atoms with Crippen LogP contribution in [0.1, 0.15) is 59.3 Å². The average Bonchev–Trinajstić information content (AvgIpc) is 2.21. The van der Waals surface area contributed by atoms with Gasteiger partial charge in [0.2, 0.25) is 0 Å². The van der Waals surface area contributed by atoms with Crippen molar-refractivity contribution in [2.75, 3.05) is 0 Å². The van der Waals surface area contributed by atoms with Crippen LogP contribution in [-0.4, -0.2) is 8.41 Å². The van der Waals surface area contributed by atoms with Crippen molar-refractivity contribution >= 4 is 8.41 Å². The molecule has 0 atom stereocenters. The molecule has 1 fully saturated rings. The van der Waals surface area contributed by atoms with Gasteiger partial charge in [-0.15, -0.1) is 0 Å². The van der Waals surface area contributed by atoms with E-state index in [1.54, 1.807) is 0 Å². The largest absolute Gasteiger partial charge is 0.0683 e. The summed E-state index contributed by atoms with van der Waals surface area (Å²) in [7, 11) is 0. The van der Waals surface area contributed by atoms with Crippen LogP contribution in [0.2, 0.25) is 0 Å². The number of rotatable bonds is 0. The van der Waals surface area contributed by atoms with Crippen LogP contribution >= 0.6 is 0 Å². The van der Waals surface area contributed by atoms with E-state index < -0.39 is 0 Å². The third kappa shape index (κ3) is 7.97. The monoisotopic (exact) mass is 153 g/mol. The maximum absolute atomic E-state index is 2.38. The highest BCUT2D eigenvalue weighted by atomic mass is 14.1. The number of hydrogen-bond acceptors (Lipinski definition) is 0. The molecule has 0 nitrogen and oxygen atoms in total. The van der Waals surface area contributed by atoms with E-state index in [0.29, 0.717) is 0 Å². The predicted octanol–water partition coefficient (Wildman–Crippen LogP) is 3.62. The van der Waals surface area contributed by atoms with Crippen molar-refractivity contribution in [3.05, 3.63) is 0 Å². The molecule has 1 rings (SSSR count). The summed E-state index contributed by atoms with van der Waals surface area (Å²) in [5.41, 5.74) is 0. The summed E-state index contributed by atoms with van der Waals surface area (Å²) in [6, 6.07) is 0. The molecule has 0 aromatic rings. The first kappa shape index (κ1) is 13.6. The lowest BCUT2D eigenvalue weighted by Crippen LogP contribution is -1.88. The van der Waals surface area contributed by atoms with Crippen LogP contribution < -0.4 is 0 Å². The van der Waals surface area contributed by atoms with E-state index in [-0.39, 0.29) is 8.41 Å². The van der Waals surface area contributed by atoms with Gasteiger partial charge >= 0.3 is 0 Å². The summed E-state index contributed by atoms with van der Waals surface area (Å²) in [4.78, 5) is 0. The normalized spacial score (nSPS) is 18.8. The highest BCUT2D eigenvalue weighted by molar-refractivity contribution is 5.75. The first-order chi connectivity index (χ1) is 4.89. The molecule has 1 heteroatoms. The van der Waals surface area contributed by atoms with Crippen molar-refractivity contribution in [2.24, 2.45) is 5.92 Å². The van der Waals surface area contributed by atoms with Gasteiger partial charge in [-0.3, -0.25) is 0 Å². The Morgan fingerprint density at radius 1 is 0.818 bits per heavy atom. The molecule has 1 aliphatic carbocycles. The van der Waals surface area contributed by atoms with Gasteiger partial charge in [0.05, 0.1) is 0 Å². The van der Waals surface area contributed by atoms with Gasteiger partial charge in [0.25, 0.3) is 0 Å². The van der Waals surface area contributed by atoms with Crippen molar-refractivity contribution in [1.82, 2.24) is 0 Å². The lowest BCUT2D eigenvalue weighted by Gasteiger charge is -2.02. The van der Waals surface area contributed by atoms with E-state index in [4.69, 9.17) is 0 Å². The molecule has 0 bridgehead atoms. The molecule has 3 radical (unpaired) electrons. The van der Waals surface area contributed by atoms with Crippen LogP contribution in [-0.2, 0) is 0 Å². The molecule has 0 unspecified atom stereocenters. The fourth-order valence-corrected chi connectivity index (χ4v) is 1.48. The third-order valence-electron chi connectivity index (χ3n) is 2.14. The van der Waals surface area contributed by atoms with Crippen LogP contribution in [0.15, 0.2) is 0 Å². The zero-order valence-electron chi connectivity index (χ0n) is 8.40. The van der Waals surface area contributed by atoms with Crippen molar-refractivity contribution in [1.29, 1.82) is 0 Å². The molecule has 0 aliphatic heterocycles. The molecule has 65 valence electrons. The summed E-state index contributed by atoms with van der Waals surface area (Å²) in [5, 5.41) is 0. The smallest absolute Gasteiger partial charge is 0 e. The Balaban J connectivity index is 0. The zero-order chi connectivity index (χ0) is 7.82. The fourth-order valence-electron chi connectivity index (χ4n) is 1.48. The molecule has 0 N–H and O–H groups in total. The van der Waals surface area contributed by atoms with Gasteiger partial charge in [0.1, 0.15) is 0 Å². The van der Waals surface area contributed by atoms with Gasteiger partial charge in [-0.1, -0.05) is 59.3 Å². The minimum atomic E-state index is 0. The zero-order valence-corrected chi connectivity index (χ0v) is 8.40. The highest BCUT2D eigenvalue weighted by Gasteiger charge is 2.04. The maximum atomic E-state index is 2.38. The van der Waals surface area contributed by atoms with Gasteiger partial charge in [-0.2, -0.15) is 0 Å². The van der Waals surface area contributed by atoms with Crippen LogP contribution in [0, 0.1) is 5.92 Å². The fraction of sp³-hybridized carbons (Fsp3) is 1.00. The second-order valence-electron chi connectivity index (χ2n) is 3.10. The van der Waals surface area contributed by atoms with Crippen LogP contribution in [0.4, 0.5) is 0 Å². The summed E-state index contributed by atoms with van der Waals surface area (Å²) < 4.78 is 0. The Morgan fingerprint density at radius 2 is 1.18 bits per heavy atom. The van der Waals surface area contributed by atoms with Gasteiger partial charge < -0.3 is 0 Å². The molecule has 1 saturated carbocycles. The summed E-state index contributed by atoms with van der Waals surface area (Å²) in [6.45, 7) is 6.38. The topological polar surface area (TPSA) is 0 Å². The SMILES string of the molecule is CC.CC1CCCCCC1.[B]. The summed E-state index contributed by atoms with van der Waals surface area (Å²) in [5.74, 6) is 1.03. The van der Waals surface area contributed by atoms with Crippen LogP contribution in [0.25, 0.3) is 0 Å². The van der Waals surface area contributed by atoms with Crippen molar-refractivity contribution in [3.63, 3.8) is 0 Å². The van der Waals surface area contributed by atoms with Gasteiger partial charge in [-0.25, -0.2) is 0 Å². The van der Waals surface area contributed by atoms with E-state index in [1.165, 1.54) is 38.5 Å². The van der Waals surface area contributed by atoms with Crippen molar-refractivity contribution in [3.8, 4) is 0 Å². The second kappa shape index (κ2) is 10.1. The Hall–Kier alpha value is 0.0649.